The van der Waals surface area contributed by atoms with E-state index < -0.39 is 12.8 Å². The minimum Gasteiger partial charge on any atom is -0.365 e. The molecule has 0 saturated carbocycles. The van der Waals surface area contributed by atoms with E-state index in [1.165, 1.54) is 11.3 Å². The number of hydrogen-bond donors (Lipinski definition) is 1. The molecule has 1 N–H and O–H groups in total. The summed E-state index contributed by atoms with van der Waals surface area (Å²) in [6.45, 7) is 3.78. The zero-order chi connectivity index (χ0) is 14.3. The van der Waals surface area contributed by atoms with Crippen molar-refractivity contribution >= 4 is 11.3 Å². The summed E-state index contributed by atoms with van der Waals surface area (Å²) in [5.41, 5.74) is 0.918. The highest BCUT2D eigenvalue weighted by atomic mass is 32.1. The van der Waals surface area contributed by atoms with Crippen LogP contribution in [0.3, 0.4) is 0 Å². The van der Waals surface area contributed by atoms with Crippen LogP contribution in [0, 0.1) is 0 Å². The first-order valence-electron chi connectivity index (χ1n) is 6.18. The highest BCUT2D eigenvalue weighted by molar-refractivity contribution is 7.09. The standard InChI is InChI=1S/C12H19F3N2OS/c1-9(2)16-5-3-4-10-7-19-11(17-10)6-18-8-12(13,14)15/h7,9,16H,3-6,8H2,1-2H3. The first kappa shape index (κ1) is 16.4. The summed E-state index contributed by atoms with van der Waals surface area (Å²) in [4.78, 5) is 4.24. The number of nitrogens with one attached hydrogen (secondary N) is 1. The third-order valence-electron chi connectivity index (χ3n) is 2.25. The Morgan fingerprint density at radius 2 is 2.16 bits per heavy atom. The normalized spacial score (nSPS) is 12.3. The summed E-state index contributed by atoms with van der Waals surface area (Å²) in [5, 5.41) is 5.77. The average Bonchev–Trinajstić information content (AvgIpc) is 2.70. The predicted octanol–water partition coefficient (Wildman–Crippen LogP) is 3.15. The fourth-order valence-electron chi connectivity index (χ4n) is 1.44. The van der Waals surface area contributed by atoms with Gasteiger partial charge in [0.25, 0.3) is 0 Å². The van der Waals surface area contributed by atoms with E-state index in [0.717, 1.165) is 25.1 Å². The van der Waals surface area contributed by atoms with E-state index in [9.17, 15) is 13.2 Å². The van der Waals surface area contributed by atoms with Crippen LogP contribution >= 0.6 is 11.3 Å². The molecule has 0 atom stereocenters. The van der Waals surface area contributed by atoms with Crippen LogP contribution in [0.2, 0.25) is 0 Å². The lowest BCUT2D eigenvalue weighted by molar-refractivity contribution is -0.176. The van der Waals surface area contributed by atoms with Crippen molar-refractivity contribution in [1.29, 1.82) is 0 Å². The van der Waals surface area contributed by atoms with Gasteiger partial charge in [-0.1, -0.05) is 13.8 Å². The molecule has 0 bridgehead atoms. The molecule has 0 aliphatic carbocycles. The van der Waals surface area contributed by atoms with Gasteiger partial charge in [-0.2, -0.15) is 13.2 Å². The van der Waals surface area contributed by atoms with Crippen LogP contribution in [0.1, 0.15) is 31.0 Å². The summed E-state index contributed by atoms with van der Waals surface area (Å²) in [7, 11) is 0. The molecule has 0 radical (unpaired) electrons. The summed E-state index contributed by atoms with van der Waals surface area (Å²) < 4.78 is 40.2. The summed E-state index contributed by atoms with van der Waals surface area (Å²) in [5.74, 6) is 0. The second-order valence-corrected chi connectivity index (χ2v) is 5.50. The van der Waals surface area contributed by atoms with Crippen molar-refractivity contribution in [2.75, 3.05) is 13.2 Å². The maximum absolute atomic E-state index is 11.9. The van der Waals surface area contributed by atoms with Gasteiger partial charge in [0.15, 0.2) is 0 Å². The van der Waals surface area contributed by atoms with Crippen molar-refractivity contribution in [3.8, 4) is 0 Å². The molecular formula is C12H19F3N2OS. The third-order valence-corrected chi connectivity index (χ3v) is 3.12. The Balaban J connectivity index is 2.21. The average molecular weight is 296 g/mol. The van der Waals surface area contributed by atoms with Gasteiger partial charge in [-0.15, -0.1) is 11.3 Å². The number of aromatic nitrogens is 1. The lowest BCUT2D eigenvalue weighted by Gasteiger charge is -2.06. The summed E-state index contributed by atoms with van der Waals surface area (Å²) >= 11 is 1.34. The number of thiazole rings is 1. The SMILES string of the molecule is CC(C)NCCCc1csc(COCC(F)(F)F)n1. The molecule has 0 amide bonds. The fourth-order valence-corrected chi connectivity index (χ4v) is 2.21. The number of aryl methyl sites for hydroxylation is 1. The van der Waals surface area contributed by atoms with Crippen molar-refractivity contribution in [2.24, 2.45) is 0 Å². The van der Waals surface area contributed by atoms with Crippen LogP contribution < -0.4 is 5.32 Å². The van der Waals surface area contributed by atoms with E-state index in [1.54, 1.807) is 0 Å². The Bertz CT molecular complexity index is 366. The number of nitrogens with zero attached hydrogens (tertiary/aromatic N) is 1. The van der Waals surface area contributed by atoms with E-state index in [2.05, 4.69) is 28.9 Å². The van der Waals surface area contributed by atoms with E-state index >= 15 is 0 Å². The van der Waals surface area contributed by atoms with Crippen molar-refractivity contribution in [3.05, 3.63) is 16.1 Å². The largest absolute Gasteiger partial charge is 0.411 e. The minimum atomic E-state index is -4.28. The van der Waals surface area contributed by atoms with Crippen LogP contribution in [-0.4, -0.2) is 30.4 Å². The molecule has 0 aliphatic rings. The van der Waals surface area contributed by atoms with E-state index in [1.807, 2.05) is 5.38 Å². The van der Waals surface area contributed by atoms with Crippen LogP contribution in [0.25, 0.3) is 0 Å². The summed E-state index contributed by atoms with van der Waals surface area (Å²) in [6.07, 6.45) is -2.48. The maximum Gasteiger partial charge on any atom is 0.411 e. The van der Waals surface area contributed by atoms with Gasteiger partial charge in [0.1, 0.15) is 11.6 Å². The lowest BCUT2D eigenvalue weighted by atomic mass is 10.2. The molecule has 0 unspecified atom stereocenters. The van der Waals surface area contributed by atoms with Gasteiger partial charge in [0.2, 0.25) is 0 Å². The Morgan fingerprint density at radius 1 is 1.42 bits per heavy atom. The molecule has 1 rings (SSSR count). The third kappa shape index (κ3) is 8.18. The van der Waals surface area contributed by atoms with Gasteiger partial charge < -0.3 is 10.1 Å². The van der Waals surface area contributed by atoms with Crippen molar-refractivity contribution in [1.82, 2.24) is 10.3 Å². The van der Waals surface area contributed by atoms with Gasteiger partial charge in [-0.05, 0) is 19.4 Å². The van der Waals surface area contributed by atoms with E-state index in [0.29, 0.717) is 11.0 Å². The number of ether oxygens (including phenoxy) is 1. The molecule has 0 saturated heterocycles. The number of rotatable bonds is 8. The molecule has 3 nitrogen and oxygen atoms in total. The van der Waals surface area contributed by atoms with Gasteiger partial charge in [-0.25, -0.2) is 4.98 Å². The van der Waals surface area contributed by atoms with Gasteiger partial charge in [0.05, 0.1) is 12.3 Å². The second kappa shape index (κ2) is 7.81. The van der Waals surface area contributed by atoms with Crippen LogP contribution in [-0.2, 0) is 17.8 Å². The van der Waals surface area contributed by atoms with Gasteiger partial charge in [0, 0.05) is 11.4 Å². The van der Waals surface area contributed by atoms with Gasteiger partial charge in [-0.3, -0.25) is 0 Å². The Hall–Kier alpha value is -0.660. The zero-order valence-corrected chi connectivity index (χ0v) is 11.9. The molecule has 0 fully saturated rings. The van der Waals surface area contributed by atoms with Crippen molar-refractivity contribution in [2.45, 2.75) is 45.5 Å². The van der Waals surface area contributed by atoms with E-state index in [4.69, 9.17) is 0 Å². The number of hydrogen-bond acceptors (Lipinski definition) is 4. The molecule has 7 heteroatoms. The highest BCUT2D eigenvalue weighted by Crippen LogP contribution is 2.17. The predicted molar refractivity (Wildman–Crippen MR) is 69.3 cm³/mol. The fraction of sp³-hybridized carbons (Fsp3) is 0.750. The smallest absolute Gasteiger partial charge is 0.365 e. The molecule has 0 aromatic carbocycles. The first-order chi connectivity index (χ1) is 8.87. The van der Waals surface area contributed by atoms with Crippen molar-refractivity contribution < 1.29 is 17.9 Å². The zero-order valence-electron chi connectivity index (χ0n) is 11.1. The van der Waals surface area contributed by atoms with Gasteiger partial charge >= 0.3 is 6.18 Å². The molecule has 0 aliphatic heterocycles. The minimum absolute atomic E-state index is 0.0750. The Morgan fingerprint density at radius 3 is 2.79 bits per heavy atom. The lowest BCUT2D eigenvalue weighted by Crippen LogP contribution is -2.23. The van der Waals surface area contributed by atoms with Crippen molar-refractivity contribution in [3.63, 3.8) is 0 Å². The van der Waals surface area contributed by atoms with E-state index in [-0.39, 0.29) is 6.61 Å². The molecule has 1 aromatic rings. The molecule has 1 heterocycles. The Labute approximate surface area is 115 Å². The van der Waals surface area contributed by atoms with Crippen LogP contribution in [0.15, 0.2) is 5.38 Å². The maximum atomic E-state index is 11.9. The first-order valence-corrected chi connectivity index (χ1v) is 7.06. The molecule has 19 heavy (non-hydrogen) atoms. The second-order valence-electron chi connectivity index (χ2n) is 4.55. The highest BCUT2D eigenvalue weighted by Gasteiger charge is 2.27. The molecule has 1 aromatic heterocycles. The Kier molecular flexibility index (Phi) is 6.74. The number of alkyl halides is 3. The van der Waals surface area contributed by atoms with Crippen LogP contribution in [0.5, 0.6) is 0 Å². The quantitative estimate of drug-likeness (QED) is 0.748. The summed E-state index contributed by atoms with van der Waals surface area (Å²) in [6, 6.07) is 0.460. The molecule has 110 valence electrons. The number of halogens is 3. The molecular weight excluding hydrogens is 277 g/mol. The molecule has 0 spiro atoms. The van der Waals surface area contributed by atoms with Crippen LogP contribution in [0.4, 0.5) is 13.2 Å². The topological polar surface area (TPSA) is 34.1 Å². The monoisotopic (exact) mass is 296 g/mol.